The van der Waals surface area contributed by atoms with E-state index in [9.17, 15) is 5.26 Å². The molecule has 0 spiro atoms. The maximum absolute atomic E-state index is 9.24. The molecular weight excluding hydrogens is 250 g/mol. The summed E-state index contributed by atoms with van der Waals surface area (Å²) in [6, 6.07) is 10.3. The predicted octanol–water partition coefficient (Wildman–Crippen LogP) is 3.93. The van der Waals surface area contributed by atoms with Gasteiger partial charge in [0, 0.05) is 0 Å². The number of benzene rings is 1. The Morgan fingerprint density at radius 1 is 1.25 bits per heavy atom. The van der Waals surface area contributed by atoms with Crippen LogP contribution < -0.4 is 4.74 Å². The molecule has 3 atom stereocenters. The first-order chi connectivity index (χ1) is 9.76. The molecule has 3 heteroatoms. The molecule has 0 saturated heterocycles. The second-order valence-electron chi connectivity index (χ2n) is 5.52. The van der Waals surface area contributed by atoms with Gasteiger partial charge in [-0.1, -0.05) is 25.5 Å². The topological polar surface area (TPSA) is 42.2 Å². The molecule has 0 aromatic heterocycles. The van der Waals surface area contributed by atoms with Gasteiger partial charge in [-0.05, 0) is 42.9 Å². The van der Waals surface area contributed by atoms with Crippen molar-refractivity contribution in [2.24, 2.45) is 11.8 Å². The SMILES string of the molecule is CCC1CCC(C#N)C(OCc2ccc(OC)cc2)C1. The molecule has 0 N–H and O–H groups in total. The van der Waals surface area contributed by atoms with Crippen LogP contribution in [0.4, 0.5) is 0 Å². The van der Waals surface area contributed by atoms with Crippen LogP contribution in [-0.2, 0) is 11.3 Å². The summed E-state index contributed by atoms with van der Waals surface area (Å²) in [5.74, 6) is 1.61. The third-order valence-electron chi connectivity index (χ3n) is 4.27. The summed E-state index contributed by atoms with van der Waals surface area (Å²) in [5.41, 5.74) is 1.13. The molecule has 0 aliphatic heterocycles. The zero-order valence-corrected chi connectivity index (χ0v) is 12.3. The van der Waals surface area contributed by atoms with Crippen LogP contribution in [0.2, 0.25) is 0 Å². The van der Waals surface area contributed by atoms with Gasteiger partial charge in [0.2, 0.25) is 0 Å². The fourth-order valence-corrected chi connectivity index (χ4v) is 2.84. The van der Waals surface area contributed by atoms with Crippen LogP contribution in [0.15, 0.2) is 24.3 Å². The van der Waals surface area contributed by atoms with E-state index >= 15 is 0 Å². The summed E-state index contributed by atoms with van der Waals surface area (Å²) in [5, 5.41) is 9.24. The second-order valence-corrected chi connectivity index (χ2v) is 5.52. The number of rotatable bonds is 5. The number of nitrogens with zero attached hydrogens (tertiary/aromatic N) is 1. The van der Waals surface area contributed by atoms with E-state index in [1.165, 1.54) is 6.42 Å². The van der Waals surface area contributed by atoms with Crippen molar-refractivity contribution in [1.29, 1.82) is 5.26 Å². The van der Waals surface area contributed by atoms with Crippen molar-refractivity contribution in [2.45, 2.75) is 45.3 Å². The zero-order chi connectivity index (χ0) is 14.4. The van der Waals surface area contributed by atoms with E-state index in [0.717, 1.165) is 30.6 Å². The summed E-state index contributed by atoms with van der Waals surface area (Å²) in [4.78, 5) is 0. The Balaban J connectivity index is 1.91. The Morgan fingerprint density at radius 3 is 2.60 bits per heavy atom. The quantitative estimate of drug-likeness (QED) is 0.816. The Labute approximate surface area is 121 Å². The van der Waals surface area contributed by atoms with Crippen molar-refractivity contribution in [3.8, 4) is 11.8 Å². The van der Waals surface area contributed by atoms with Gasteiger partial charge in [0.05, 0.1) is 31.8 Å². The number of hydrogen-bond acceptors (Lipinski definition) is 3. The molecule has 0 heterocycles. The van der Waals surface area contributed by atoms with Gasteiger partial charge in [-0.3, -0.25) is 0 Å². The Bertz CT molecular complexity index is 449. The van der Waals surface area contributed by atoms with Crippen LogP contribution in [-0.4, -0.2) is 13.2 Å². The number of hydrogen-bond donors (Lipinski definition) is 0. The van der Waals surface area contributed by atoms with E-state index in [-0.39, 0.29) is 12.0 Å². The summed E-state index contributed by atoms with van der Waals surface area (Å²) in [7, 11) is 1.66. The lowest BCUT2D eigenvalue weighted by Gasteiger charge is -2.32. The molecule has 1 aromatic carbocycles. The second kappa shape index (κ2) is 7.31. The van der Waals surface area contributed by atoms with E-state index in [0.29, 0.717) is 12.5 Å². The highest BCUT2D eigenvalue weighted by atomic mass is 16.5. The first kappa shape index (κ1) is 14.9. The van der Waals surface area contributed by atoms with Gasteiger partial charge in [-0.2, -0.15) is 5.26 Å². The maximum atomic E-state index is 9.24. The van der Waals surface area contributed by atoms with E-state index in [2.05, 4.69) is 13.0 Å². The van der Waals surface area contributed by atoms with Crippen molar-refractivity contribution in [3.63, 3.8) is 0 Å². The number of nitriles is 1. The molecule has 0 radical (unpaired) electrons. The van der Waals surface area contributed by atoms with Gasteiger partial charge in [0.1, 0.15) is 5.75 Å². The minimum atomic E-state index is 0.0519. The lowest BCUT2D eigenvalue weighted by atomic mass is 9.79. The van der Waals surface area contributed by atoms with Crippen LogP contribution in [0.1, 0.15) is 38.2 Å². The van der Waals surface area contributed by atoms with Crippen LogP contribution >= 0.6 is 0 Å². The highest BCUT2D eigenvalue weighted by Gasteiger charge is 2.30. The molecule has 1 aliphatic rings. The van der Waals surface area contributed by atoms with Gasteiger partial charge in [0.25, 0.3) is 0 Å². The fraction of sp³-hybridized carbons (Fsp3) is 0.588. The lowest BCUT2D eigenvalue weighted by Crippen LogP contribution is -2.30. The molecule has 108 valence electrons. The highest BCUT2D eigenvalue weighted by Crippen LogP contribution is 2.33. The summed E-state index contributed by atoms with van der Waals surface area (Å²) in [6.45, 7) is 2.79. The van der Waals surface area contributed by atoms with E-state index < -0.39 is 0 Å². The average molecular weight is 273 g/mol. The monoisotopic (exact) mass is 273 g/mol. The van der Waals surface area contributed by atoms with Crippen molar-refractivity contribution in [3.05, 3.63) is 29.8 Å². The van der Waals surface area contributed by atoms with E-state index in [1.807, 2.05) is 24.3 Å². The van der Waals surface area contributed by atoms with Crippen LogP contribution in [0.3, 0.4) is 0 Å². The number of methoxy groups -OCH3 is 1. The molecule has 1 aliphatic carbocycles. The molecule has 2 rings (SSSR count). The van der Waals surface area contributed by atoms with Gasteiger partial charge in [-0.15, -0.1) is 0 Å². The first-order valence-corrected chi connectivity index (χ1v) is 7.41. The first-order valence-electron chi connectivity index (χ1n) is 7.41. The summed E-state index contributed by atoms with van der Waals surface area (Å²) < 4.78 is 11.2. The Hall–Kier alpha value is -1.53. The number of ether oxygens (including phenoxy) is 2. The third kappa shape index (κ3) is 3.74. The molecule has 0 bridgehead atoms. The van der Waals surface area contributed by atoms with Gasteiger partial charge in [-0.25, -0.2) is 0 Å². The van der Waals surface area contributed by atoms with E-state index in [1.54, 1.807) is 7.11 Å². The Kier molecular flexibility index (Phi) is 5.43. The average Bonchev–Trinajstić information content (AvgIpc) is 2.53. The minimum absolute atomic E-state index is 0.0519. The normalized spacial score (nSPS) is 25.9. The molecule has 1 fully saturated rings. The van der Waals surface area contributed by atoms with Crippen LogP contribution in [0.5, 0.6) is 5.75 Å². The van der Waals surface area contributed by atoms with Crippen molar-refractivity contribution < 1.29 is 9.47 Å². The van der Waals surface area contributed by atoms with Crippen molar-refractivity contribution in [2.75, 3.05) is 7.11 Å². The smallest absolute Gasteiger partial charge is 0.118 e. The van der Waals surface area contributed by atoms with Gasteiger partial charge in [0.15, 0.2) is 0 Å². The predicted molar refractivity (Wildman–Crippen MR) is 78.3 cm³/mol. The lowest BCUT2D eigenvalue weighted by molar-refractivity contribution is -0.0201. The fourth-order valence-electron chi connectivity index (χ4n) is 2.84. The maximum Gasteiger partial charge on any atom is 0.118 e. The molecule has 1 aromatic rings. The Morgan fingerprint density at radius 2 is 2.00 bits per heavy atom. The minimum Gasteiger partial charge on any atom is -0.497 e. The van der Waals surface area contributed by atoms with Crippen molar-refractivity contribution in [1.82, 2.24) is 0 Å². The van der Waals surface area contributed by atoms with Crippen molar-refractivity contribution >= 4 is 0 Å². The molecule has 3 unspecified atom stereocenters. The largest absolute Gasteiger partial charge is 0.497 e. The van der Waals surface area contributed by atoms with Crippen LogP contribution in [0.25, 0.3) is 0 Å². The zero-order valence-electron chi connectivity index (χ0n) is 12.3. The highest BCUT2D eigenvalue weighted by molar-refractivity contribution is 5.26. The molecule has 0 amide bonds. The van der Waals surface area contributed by atoms with Crippen LogP contribution in [0, 0.1) is 23.2 Å². The standard InChI is InChI=1S/C17H23NO2/c1-3-13-4-7-15(11-18)17(10-13)20-12-14-5-8-16(19-2)9-6-14/h5-6,8-9,13,15,17H,3-4,7,10,12H2,1-2H3. The molecule has 20 heavy (non-hydrogen) atoms. The molecular formula is C17H23NO2. The van der Waals surface area contributed by atoms with Gasteiger partial charge >= 0.3 is 0 Å². The summed E-state index contributed by atoms with van der Waals surface area (Å²) >= 11 is 0. The van der Waals surface area contributed by atoms with Gasteiger partial charge < -0.3 is 9.47 Å². The third-order valence-corrected chi connectivity index (χ3v) is 4.27. The van der Waals surface area contributed by atoms with E-state index in [4.69, 9.17) is 9.47 Å². The molecule has 3 nitrogen and oxygen atoms in total. The molecule has 1 saturated carbocycles. The summed E-state index contributed by atoms with van der Waals surface area (Å²) in [6.07, 6.45) is 4.42.